The third kappa shape index (κ3) is 4.29. The predicted molar refractivity (Wildman–Crippen MR) is 95.8 cm³/mol. The van der Waals surface area contributed by atoms with Gasteiger partial charge >= 0.3 is 12.4 Å². The van der Waals surface area contributed by atoms with Crippen LogP contribution in [0, 0.1) is 0 Å². The maximum absolute atomic E-state index is 13.4. The highest BCUT2D eigenvalue weighted by molar-refractivity contribution is 5.96. The number of hydrogen-bond donors (Lipinski definition) is 0. The van der Waals surface area contributed by atoms with Crippen molar-refractivity contribution >= 4 is 5.78 Å². The van der Waals surface area contributed by atoms with Crippen LogP contribution in [-0.2, 0) is 18.8 Å². The fourth-order valence-corrected chi connectivity index (χ4v) is 2.94. The molecule has 32 heavy (non-hydrogen) atoms. The van der Waals surface area contributed by atoms with E-state index in [4.69, 9.17) is 8.94 Å². The largest absolute Gasteiger partial charge is 0.461 e. The van der Waals surface area contributed by atoms with Crippen molar-refractivity contribution < 1.29 is 40.1 Å². The molecule has 0 radical (unpaired) electrons. The summed E-state index contributed by atoms with van der Waals surface area (Å²) in [4.78, 5) is 12.4. The number of rotatable bonds is 5. The molecule has 0 aliphatic carbocycles. The Morgan fingerprint density at radius 3 is 2.44 bits per heavy atom. The number of furan rings is 1. The smallest absolute Gasteiger partial charge is 0.418 e. The summed E-state index contributed by atoms with van der Waals surface area (Å²) in [6, 6.07) is 5.79. The van der Waals surface area contributed by atoms with Crippen molar-refractivity contribution in [2.24, 2.45) is 0 Å². The minimum absolute atomic E-state index is 0.0212. The molecule has 0 bridgehead atoms. The minimum Gasteiger partial charge on any atom is -0.461 e. The lowest BCUT2D eigenvalue weighted by Crippen LogP contribution is -2.14. The van der Waals surface area contributed by atoms with E-state index in [1.807, 2.05) is 0 Å². The molecule has 0 N–H and O–H groups in total. The second-order valence-electron chi connectivity index (χ2n) is 6.67. The molecule has 0 saturated carbocycles. The topological polar surface area (TPSA) is 74.1 Å². The van der Waals surface area contributed by atoms with Crippen LogP contribution < -0.4 is 0 Å². The highest BCUT2D eigenvalue weighted by Gasteiger charge is 2.38. The third-order valence-corrected chi connectivity index (χ3v) is 4.44. The second-order valence-corrected chi connectivity index (χ2v) is 6.67. The van der Waals surface area contributed by atoms with Crippen molar-refractivity contribution in [2.45, 2.75) is 18.8 Å². The quantitative estimate of drug-likeness (QED) is 0.290. The van der Waals surface area contributed by atoms with Crippen LogP contribution in [0.5, 0.6) is 0 Å². The number of halogens is 6. The zero-order valence-corrected chi connectivity index (χ0v) is 15.7. The van der Waals surface area contributed by atoms with Crippen molar-refractivity contribution in [3.8, 4) is 17.2 Å². The summed E-state index contributed by atoms with van der Waals surface area (Å²) >= 11 is 0. The van der Waals surface area contributed by atoms with E-state index in [1.54, 1.807) is 12.1 Å². The van der Waals surface area contributed by atoms with E-state index in [-0.39, 0.29) is 29.5 Å². The van der Waals surface area contributed by atoms with Crippen LogP contribution in [0.15, 0.2) is 64.0 Å². The lowest BCUT2D eigenvalue weighted by Gasteiger charge is -2.15. The first-order chi connectivity index (χ1) is 15.0. The zero-order valence-electron chi connectivity index (χ0n) is 15.7. The van der Waals surface area contributed by atoms with Crippen LogP contribution in [0.1, 0.15) is 27.2 Å². The Balaban J connectivity index is 1.58. The molecule has 3 heterocycles. The van der Waals surface area contributed by atoms with Gasteiger partial charge in [0.05, 0.1) is 29.3 Å². The van der Waals surface area contributed by atoms with Gasteiger partial charge in [-0.1, -0.05) is 5.16 Å². The van der Waals surface area contributed by atoms with Gasteiger partial charge in [0.25, 0.3) is 0 Å². The number of aromatic nitrogens is 3. The van der Waals surface area contributed by atoms with Gasteiger partial charge in [-0.05, 0) is 35.9 Å². The van der Waals surface area contributed by atoms with Gasteiger partial charge in [0.2, 0.25) is 5.76 Å². The van der Waals surface area contributed by atoms with Crippen LogP contribution in [0.2, 0.25) is 0 Å². The third-order valence-electron chi connectivity index (χ3n) is 4.44. The number of benzene rings is 1. The Hall–Kier alpha value is -3.83. The molecule has 0 unspecified atom stereocenters. The van der Waals surface area contributed by atoms with Crippen LogP contribution in [0.3, 0.4) is 0 Å². The number of nitrogens with zero attached hydrogens (tertiary/aromatic N) is 3. The standard InChI is InChI=1S/C20H11F6N3O3/c21-19(22,23)12-3-4-15(13(7-12)20(24,25)26)29-10-11(9-27-29)6-16(30)14-8-18(32-28-14)17-2-1-5-31-17/h1-5,7-10H,6H2. The first-order valence-corrected chi connectivity index (χ1v) is 8.88. The summed E-state index contributed by atoms with van der Waals surface area (Å²) in [5.41, 5.74) is -3.35. The van der Waals surface area contributed by atoms with E-state index in [9.17, 15) is 31.1 Å². The summed E-state index contributed by atoms with van der Waals surface area (Å²) < 4.78 is 89.6. The van der Waals surface area contributed by atoms with Gasteiger partial charge in [-0.2, -0.15) is 31.4 Å². The Labute approximate surface area is 175 Å². The van der Waals surface area contributed by atoms with Crippen molar-refractivity contribution in [1.82, 2.24) is 14.9 Å². The van der Waals surface area contributed by atoms with Gasteiger partial charge in [-0.3, -0.25) is 4.79 Å². The van der Waals surface area contributed by atoms with Gasteiger partial charge in [0, 0.05) is 18.7 Å². The van der Waals surface area contributed by atoms with Crippen molar-refractivity contribution in [1.29, 1.82) is 0 Å². The summed E-state index contributed by atoms with van der Waals surface area (Å²) in [5, 5.41) is 7.41. The van der Waals surface area contributed by atoms with Crippen molar-refractivity contribution in [2.75, 3.05) is 0 Å². The molecule has 12 heteroatoms. The zero-order chi connectivity index (χ0) is 23.1. The average molecular weight is 455 g/mol. The van der Waals surface area contributed by atoms with Gasteiger partial charge < -0.3 is 8.94 Å². The van der Waals surface area contributed by atoms with Gasteiger partial charge in [0.15, 0.2) is 17.2 Å². The van der Waals surface area contributed by atoms with E-state index in [0.717, 1.165) is 17.1 Å². The number of Topliss-reactive ketones (excluding diaryl/α,β-unsaturated/α-hetero) is 1. The SMILES string of the molecule is O=C(Cc1cnn(-c2ccc(C(F)(F)F)cc2C(F)(F)F)c1)c1cc(-c2ccco2)on1. The normalized spacial score (nSPS) is 12.3. The molecule has 0 fully saturated rings. The van der Waals surface area contributed by atoms with Crippen LogP contribution in [-0.4, -0.2) is 20.7 Å². The lowest BCUT2D eigenvalue weighted by atomic mass is 10.1. The first-order valence-electron chi connectivity index (χ1n) is 8.88. The molecule has 3 aromatic heterocycles. The molecule has 1 aromatic carbocycles. The Kier molecular flexibility index (Phi) is 5.15. The fraction of sp³-hybridized carbons (Fsp3) is 0.150. The molecule has 4 rings (SSSR count). The van der Waals surface area contributed by atoms with E-state index in [1.165, 1.54) is 12.3 Å². The van der Waals surface area contributed by atoms with E-state index >= 15 is 0 Å². The molecule has 0 aliphatic heterocycles. The Morgan fingerprint density at radius 1 is 1.00 bits per heavy atom. The maximum Gasteiger partial charge on any atom is 0.418 e. The molecule has 0 spiro atoms. The number of ketones is 1. The van der Waals surface area contributed by atoms with Crippen LogP contribution >= 0.6 is 0 Å². The monoisotopic (exact) mass is 455 g/mol. The molecule has 0 aliphatic rings. The van der Waals surface area contributed by atoms with E-state index in [2.05, 4.69) is 10.3 Å². The van der Waals surface area contributed by atoms with Gasteiger partial charge in [0.1, 0.15) is 0 Å². The van der Waals surface area contributed by atoms with Gasteiger partial charge in [-0.25, -0.2) is 4.68 Å². The predicted octanol–water partition coefficient (Wildman–Crippen LogP) is 5.58. The van der Waals surface area contributed by atoms with Crippen LogP contribution in [0.4, 0.5) is 26.3 Å². The Bertz CT molecular complexity index is 1250. The number of hydrogen-bond acceptors (Lipinski definition) is 5. The van der Waals surface area contributed by atoms with E-state index in [0.29, 0.717) is 17.9 Å². The number of carbonyl (C=O) groups excluding carboxylic acids is 1. The molecule has 166 valence electrons. The Morgan fingerprint density at radius 2 is 1.78 bits per heavy atom. The van der Waals surface area contributed by atoms with Crippen molar-refractivity contribution in [3.05, 3.63) is 77.4 Å². The average Bonchev–Trinajstić information content (AvgIpc) is 3.46. The van der Waals surface area contributed by atoms with Crippen molar-refractivity contribution in [3.63, 3.8) is 0 Å². The van der Waals surface area contributed by atoms with Gasteiger partial charge in [-0.15, -0.1) is 0 Å². The number of carbonyl (C=O) groups is 1. The van der Waals surface area contributed by atoms with Crippen LogP contribution in [0.25, 0.3) is 17.2 Å². The minimum atomic E-state index is -5.05. The number of alkyl halides is 6. The summed E-state index contributed by atoms with van der Waals surface area (Å²) in [6.07, 6.45) is -6.59. The lowest BCUT2D eigenvalue weighted by molar-refractivity contribution is -0.143. The molecule has 4 aromatic rings. The highest BCUT2D eigenvalue weighted by Crippen LogP contribution is 2.38. The van der Waals surface area contributed by atoms with E-state index < -0.39 is 35.0 Å². The molecule has 0 atom stereocenters. The maximum atomic E-state index is 13.4. The second kappa shape index (κ2) is 7.70. The first kappa shape index (κ1) is 21.4. The summed E-state index contributed by atoms with van der Waals surface area (Å²) in [5.74, 6) is 0.0644. The molecule has 0 saturated heterocycles. The highest BCUT2D eigenvalue weighted by atomic mass is 19.4. The molecule has 0 amide bonds. The fourth-order valence-electron chi connectivity index (χ4n) is 2.94. The molecular formula is C20H11F6N3O3. The summed E-state index contributed by atoms with van der Waals surface area (Å²) in [6.45, 7) is 0. The molecular weight excluding hydrogens is 444 g/mol. The molecule has 6 nitrogen and oxygen atoms in total. The summed E-state index contributed by atoms with van der Waals surface area (Å²) in [7, 11) is 0.